The molecule has 0 spiro atoms. The van der Waals surface area contributed by atoms with Crippen molar-refractivity contribution in [1.29, 1.82) is 0 Å². The Balaban J connectivity index is 1.33. The average molecular weight is 370 g/mol. The van der Waals surface area contributed by atoms with E-state index in [4.69, 9.17) is 4.42 Å². The smallest absolute Gasteiger partial charge is 0.335 e. The largest absolute Gasteiger partial charge is 0.467 e. The molecule has 0 unspecified atom stereocenters. The number of urea groups is 1. The monoisotopic (exact) mass is 370 g/mol. The van der Waals surface area contributed by atoms with Crippen molar-refractivity contribution in [1.82, 2.24) is 9.80 Å². The van der Waals surface area contributed by atoms with Crippen LogP contribution in [0.5, 0.6) is 0 Å². The lowest BCUT2D eigenvalue weighted by Crippen LogP contribution is -2.53. The van der Waals surface area contributed by atoms with Crippen molar-refractivity contribution >= 4 is 23.6 Å². The Labute approximate surface area is 156 Å². The molecule has 0 aromatic carbocycles. The van der Waals surface area contributed by atoms with Crippen molar-refractivity contribution in [2.75, 3.05) is 6.54 Å². The molecule has 142 valence electrons. The van der Waals surface area contributed by atoms with Crippen molar-refractivity contribution in [3.05, 3.63) is 24.2 Å². The summed E-state index contributed by atoms with van der Waals surface area (Å²) in [7, 11) is 0. The van der Waals surface area contributed by atoms with Gasteiger partial charge in [0.2, 0.25) is 0 Å². The van der Waals surface area contributed by atoms with Crippen molar-refractivity contribution in [3.63, 3.8) is 0 Å². The van der Waals surface area contributed by atoms with E-state index < -0.39 is 23.3 Å². The molecule has 7 heteroatoms. The lowest BCUT2D eigenvalue weighted by molar-refractivity contribution is -0.148. The highest BCUT2D eigenvalue weighted by Crippen LogP contribution is 2.60. The minimum Gasteiger partial charge on any atom is -0.467 e. The van der Waals surface area contributed by atoms with E-state index in [1.54, 1.807) is 12.1 Å². The molecule has 27 heavy (non-hydrogen) atoms. The zero-order chi connectivity index (χ0) is 18.8. The summed E-state index contributed by atoms with van der Waals surface area (Å²) < 4.78 is 5.17. The summed E-state index contributed by atoms with van der Waals surface area (Å²) in [6.45, 7) is -0.386. The summed E-state index contributed by atoms with van der Waals surface area (Å²) in [5.41, 5.74) is -0.396. The normalized spacial score (nSPS) is 34.8. The molecule has 5 fully saturated rings. The predicted octanol–water partition coefficient (Wildman–Crippen LogP) is 2.36. The maximum absolute atomic E-state index is 13.2. The second-order valence-corrected chi connectivity index (χ2v) is 8.77. The number of furan rings is 1. The van der Waals surface area contributed by atoms with E-state index >= 15 is 0 Å². The van der Waals surface area contributed by atoms with Gasteiger partial charge in [0.25, 0.3) is 0 Å². The minimum absolute atomic E-state index is 0.0454. The molecule has 1 aliphatic heterocycles. The van der Waals surface area contributed by atoms with Gasteiger partial charge in [0.1, 0.15) is 5.76 Å². The van der Waals surface area contributed by atoms with E-state index in [1.807, 2.05) is 0 Å². The number of ketones is 1. The van der Waals surface area contributed by atoms with E-state index in [9.17, 15) is 19.2 Å². The van der Waals surface area contributed by atoms with Gasteiger partial charge in [-0.1, -0.05) is 0 Å². The number of carbonyl (C=O) groups is 4. The van der Waals surface area contributed by atoms with E-state index in [1.165, 1.54) is 25.5 Å². The fourth-order valence-electron chi connectivity index (χ4n) is 6.15. The van der Waals surface area contributed by atoms with Gasteiger partial charge >= 0.3 is 17.8 Å². The Morgan fingerprint density at radius 2 is 1.59 bits per heavy atom. The topological polar surface area (TPSA) is 87.9 Å². The van der Waals surface area contributed by atoms with Crippen LogP contribution >= 0.6 is 0 Å². The summed E-state index contributed by atoms with van der Waals surface area (Å²) >= 11 is 0. The maximum Gasteiger partial charge on any atom is 0.335 e. The van der Waals surface area contributed by atoms with Gasteiger partial charge in [0.05, 0.1) is 19.4 Å². The number of hydrogen-bond donors (Lipinski definition) is 0. The average Bonchev–Trinajstić information content (AvgIpc) is 3.20. The third kappa shape index (κ3) is 2.55. The molecule has 4 amide bonds. The van der Waals surface area contributed by atoms with Crippen LogP contribution in [0.1, 0.15) is 44.3 Å². The Morgan fingerprint density at radius 1 is 1.00 bits per heavy atom. The van der Waals surface area contributed by atoms with Crippen LogP contribution in [0.15, 0.2) is 22.8 Å². The number of hydrogen-bond acceptors (Lipinski definition) is 5. The molecule has 5 aliphatic rings. The molecular weight excluding hydrogens is 348 g/mol. The molecule has 4 saturated carbocycles. The van der Waals surface area contributed by atoms with Gasteiger partial charge in [0.15, 0.2) is 5.78 Å². The molecule has 4 bridgehead atoms. The first-order valence-electron chi connectivity index (χ1n) is 9.68. The van der Waals surface area contributed by atoms with Crippen molar-refractivity contribution in [2.45, 2.75) is 45.1 Å². The Bertz CT molecular complexity index is 792. The van der Waals surface area contributed by atoms with Crippen LogP contribution in [-0.2, 0) is 20.9 Å². The molecule has 1 saturated heterocycles. The fraction of sp³-hybridized carbons (Fsp3) is 0.600. The summed E-state index contributed by atoms with van der Waals surface area (Å²) in [6, 6.07) is 2.56. The number of carbonyl (C=O) groups excluding carboxylic acids is 4. The molecule has 0 atom stereocenters. The highest BCUT2D eigenvalue weighted by Gasteiger charge is 2.55. The van der Waals surface area contributed by atoms with Crippen LogP contribution < -0.4 is 0 Å². The van der Waals surface area contributed by atoms with Crippen LogP contribution in [0, 0.1) is 23.2 Å². The first-order chi connectivity index (χ1) is 12.9. The Kier molecular flexibility index (Phi) is 3.58. The summed E-state index contributed by atoms with van der Waals surface area (Å²) in [4.78, 5) is 52.1. The van der Waals surface area contributed by atoms with E-state index in [0.717, 1.165) is 29.1 Å². The van der Waals surface area contributed by atoms with Crippen LogP contribution in [-0.4, -0.2) is 40.0 Å². The molecule has 4 aliphatic carbocycles. The van der Waals surface area contributed by atoms with Crippen molar-refractivity contribution in [3.8, 4) is 0 Å². The summed E-state index contributed by atoms with van der Waals surface area (Å²) in [5, 5.41) is 0. The van der Waals surface area contributed by atoms with Gasteiger partial charge < -0.3 is 4.42 Å². The first kappa shape index (κ1) is 16.7. The van der Waals surface area contributed by atoms with Gasteiger partial charge in [-0.15, -0.1) is 0 Å². The van der Waals surface area contributed by atoms with Gasteiger partial charge in [-0.3, -0.25) is 14.4 Å². The highest BCUT2D eigenvalue weighted by molar-refractivity contribution is 6.45. The zero-order valence-electron chi connectivity index (χ0n) is 15.1. The van der Waals surface area contributed by atoms with Crippen molar-refractivity contribution < 1.29 is 23.6 Å². The molecule has 6 rings (SSSR count). The second kappa shape index (κ2) is 5.78. The van der Waals surface area contributed by atoms with E-state index in [0.29, 0.717) is 23.5 Å². The molecule has 2 heterocycles. The quantitative estimate of drug-likeness (QED) is 0.586. The minimum atomic E-state index is -0.912. The number of rotatable bonds is 5. The van der Waals surface area contributed by atoms with Crippen LogP contribution in [0.25, 0.3) is 0 Å². The number of imide groups is 2. The molecular formula is C20H22N2O5. The molecule has 0 radical (unpaired) electrons. The zero-order valence-corrected chi connectivity index (χ0v) is 15.1. The Morgan fingerprint density at radius 3 is 2.15 bits per heavy atom. The van der Waals surface area contributed by atoms with Crippen LogP contribution in [0.3, 0.4) is 0 Å². The molecule has 1 aromatic rings. The third-order valence-electron chi connectivity index (χ3n) is 6.96. The van der Waals surface area contributed by atoms with Gasteiger partial charge in [0, 0.05) is 5.41 Å². The second-order valence-electron chi connectivity index (χ2n) is 8.77. The lowest BCUT2D eigenvalue weighted by atomic mass is 9.48. The number of amides is 4. The van der Waals surface area contributed by atoms with Crippen molar-refractivity contribution in [2.24, 2.45) is 23.2 Å². The predicted molar refractivity (Wildman–Crippen MR) is 92.0 cm³/mol. The maximum atomic E-state index is 13.2. The molecule has 0 N–H and O–H groups in total. The lowest BCUT2D eigenvalue weighted by Gasteiger charge is -2.56. The summed E-state index contributed by atoms with van der Waals surface area (Å²) in [5.74, 6) is 0.362. The summed E-state index contributed by atoms with van der Waals surface area (Å²) in [6.07, 6.45) is 7.70. The fourth-order valence-corrected chi connectivity index (χ4v) is 6.15. The molecule has 1 aromatic heterocycles. The first-order valence-corrected chi connectivity index (χ1v) is 9.68. The van der Waals surface area contributed by atoms with E-state index in [-0.39, 0.29) is 18.9 Å². The SMILES string of the molecule is O=C1C(=O)N(Cc2ccco2)C(=O)N1CC(=O)C12CC3CC(CC(C3)C1)C2. The number of Topliss-reactive ketones (excluding diaryl/α,β-unsaturated/α-hetero) is 1. The van der Waals surface area contributed by atoms with Crippen LogP contribution in [0.2, 0.25) is 0 Å². The Hall–Kier alpha value is -2.44. The van der Waals surface area contributed by atoms with Crippen LogP contribution in [0.4, 0.5) is 4.79 Å². The van der Waals surface area contributed by atoms with Gasteiger partial charge in [-0.25, -0.2) is 14.6 Å². The highest BCUT2D eigenvalue weighted by atomic mass is 16.3. The molecule has 7 nitrogen and oxygen atoms in total. The van der Waals surface area contributed by atoms with Gasteiger partial charge in [-0.05, 0) is 68.4 Å². The van der Waals surface area contributed by atoms with E-state index in [2.05, 4.69) is 0 Å². The number of nitrogens with zero attached hydrogens (tertiary/aromatic N) is 2. The van der Waals surface area contributed by atoms with Gasteiger partial charge in [-0.2, -0.15) is 0 Å². The third-order valence-corrected chi connectivity index (χ3v) is 6.96. The standard InChI is InChI=1S/C20H22N2O5/c23-16(20-7-12-4-13(8-20)6-14(5-12)9-20)11-22-18(25)17(24)21(19(22)26)10-15-2-1-3-27-15/h1-3,12-14H,4-11H2.